The summed E-state index contributed by atoms with van der Waals surface area (Å²) in [5, 5.41) is 0. The van der Waals surface area contributed by atoms with Gasteiger partial charge in [0.1, 0.15) is 0 Å². The Labute approximate surface area is 93.6 Å². The van der Waals surface area contributed by atoms with E-state index in [1.165, 1.54) is 44.9 Å². The molecule has 0 amide bonds. The molecule has 15 heavy (non-hydrogen) atoms. The van der Waals surface area contributed by atoms with Crippen LogP contribution in [0.1, 0.15) is 51.9 Å². The van der Waals surface area contributed by atoms with Crippen LogP contribution in [-0.4, -0.2) is 18.8 Å². The fourth-order valence-corrected chi connectivity index (χ4v) is 3.20. The number of nitrogens with two attached hydrogens (primary N) is 1. The molecule has 0 aromatic carbocycles. The molecule has 0 spiro atoms. The van der Waals surface area contributed by atoms with Gasteiger partial charge in [0.15, 0.2) is 0 Å². The minimum Gasteiger partial charge on any atom is -0.378 e. The van der Waals surface area contributed by atoms with Gasteiger partial charge >= 0.3 is 0 Å². The zero-order chi connectivity index (χ0) is 10.7. The van der Waals surface area contributed by atoms with E-state index in [0.29, 0.717) is 12.1 Å². The second-order valence-corrected chi connectivity index (χ2v) is 5.36. The molecule has 2 fully saturated rings. The highest BCUT2D eigenvalue weighted by Crippen LogP contribution is 2.36. The smallest absolute Gasteiger partial charge is 0.0580 e. The van der Waals surface area contributed by atoms with Gasteiger partial charge in [0.2, 0.25) is 0 Å². The molecule has 2 heteroatoms. The van der Waals surface area contributed by atoms with Crippen LogP contribution < -0.4 is 5.73 Å². The van der Waals surface area contributed by atoms with Crippen LogP contribution in [0.4, 0.5) is 0 Å². The number of ether oxygens (including phenoxy) is 1. The summed E-state index contributed by atoms with van der Waals surface area (Å²) in [5.74, 6) is 1.69. The van der Waals surface area contributed by atoms with Gasteiger partial charge in [-0.05, 0) is 50.9 Å². The van der Waals surface area contributed by atoms with E-state index >= 15 is 0 Å². The van der Waals surface area contributed by atoms with Gasteiger partial charge in [0.05, 0.1) is 6.10 Å². The highest BCUT2D eigenvalue weighted by atomic mass is 16.5. The van der Waals surface area contributed by atoms with Crippen LogP contribution >= 0.6 is 0 Å². The second kappa shape index (κ2) is 5.31. The average Bonchev–Trinajstić information content (AvgIpc) is 2.67. The van der Waals surface area contributed by atoms with Crippen molar-refractivity contribution in [2.45, 2.75) is 64.0 Å². The second-order valence-electron chi connectivity index (χ2n) is 5.36. The maximum Gasteiger partial charge on any atom is 0.0580 e. The van der Waals surface area contributed by atoms with Crippen LogP contribution in [0.2, 0.25) is 0 Å². The van der Waals surface area contributed by atoms with Gasteiger partial charge in [-0.2, -0.15) is 0 Å². The van der Waals surface area contributed by atoms with Crippen LogP contribution in [0.15, 0.2) is 0 Å². The Kier molecular flexibility index (Phi) is 4.04. The molecule has 0 aromatic rings. The van der Waals surface area contributed by atoms with Crippen LogP contribution in [-0.2, 0) is 4.74 Å². The monoisotopic (exact) mass is 211 g/mol. The fraction of sp³-hybridized carbons (Fsp3) is 1.00. The Bertz CT molecular complexity index is 183. The number of hydrogen-bond acceptors (Lipinski definition) is 2. The van der Waals surface area contributed by atoms with Crippen molar-refractivity contribution >= 4 is 0 Å². The van der Waals surface area contributed by atoms with Crippen molar-refractivity contribution in [1.29, 1.82) is 0 Å². The molecular weight excluding hydrogens is 186 g/mol. The van der Waals surface area contributed by atoms with E-state index in [4.69, 9.17) is 10.5 Å². The van der Waals surface area contributed by atoms with Crippen molar-refractivity contribution in [3.63, 3.8) is 0 Å². The van der Waals surface area contributed by atoms with Crippen molar-refractivity contribution in [2.75, 3.05) is 6.61 Å². The number of hydrogen-bond donors (Lipinski definition) is 1. The van der Waals surface area contributed by atoms with Crippen molar-refractivity contribution in [3.8, 4) is 0 Å². The van der Waals surface area contributed by atoms with Crippen molar-refractivity contribution < 1.29 is 4.74 Å². The van der Waals surface area contributed by atoms with Gasteiger partial charge in [0, 0.05) is 12.6 Å². The van der Waals surface area contributed by atoms with Crippen LogP contribution in [0, 0.1) is 11.8 Å². The largest absolute Gasteiger partial charge is 0.378 e. The van der Waals surface area contributed by atoms with E-state index in [-0.39, 0.29) is 0 Å². The van der Waals surface area contributed by atoms with Gasteiger partial charge in [-0.15, -0.1) is 0 Å². The first kappa shape index (κ1) is 11.4. The van der Waals surface area contributed by atoms with Gasteiger partial charge in [-0.1, -0.05) is 12.8 Å². The zero-order valence-corrected chi connectivity index (χ0v) is 9.95. The van der Waals surface area contributed by atoms with E-state index in [9.17, 15) is 0 Å². The molecule has 0 saturated heterocycles. The normalized spacial score (nSPS) is 34.0. The minimum atomic E-state index is 0.472. The Morgan fingerprint density at radius 1 is 1.27 bits per heavy atom. The first-order valence-corrected chi connectivity index (χ1v) is 6.66. The summed E-state index contributed by atoms with van der Waals surface area (Å²) in [7, 11) is 0. The highest BCUT2D eigenvalue weighted by molar-refractivity contribution is 4.86. The third-order valence-corrected chi connectivity index (χ3v) is 4.21. The zero-order valence-electron chi connectivity index (χ0n) is 9.95. The molecule has 2 N–H and O–H groups in total. The lowest BCUT2D eigenvalue weighted by molar-refractivity contribution is -0.0294. The first-order chi connectivity index (χ1) is 7.29. The summed E-state index contributed by atoms with van der Waals surface area (Å²) in [6.45, 7) is 2.95. The van der Waals surface area contributed by atoms with Crippen LogP contribution in [0.5, 0.6) is 0 Å². The maximum atomic E-state index is 6.27. The topological polar surface area (TPSA) is 35.2 Å². The molecule has 1 atom stereocenters. The Morgan fingerprint density at radius 2 is 1.93 bits per heavy atom. The maximum absolute atomic E-state index is 6.27. The average molecular weight is 211 g/mol. The predicted molar refractivity (Wildman–Crippen MR) is 62.7 cm³/mol. The van der Waals surface area contributed by atoms with E-state index < -0.39 is 0 Å². The Balaban J connectivity index is 1.61. The Hall–Kier alpha value is -0.0800. The summed E-state index contributed by atoms with van der Waals surface area (Å²) < 4.78 is 5.57. The molecule has 88 valence electrons. The molecule has 2 aliphatic rings. The summed E-state index contributed by atoms with van der Waals surface area (Å²) in [6, 6.07) is 0.472. The molecule has 2 aliphatic carbocycles. The van der Waals surface area contributed by atoms with Gasteiger partial charge in [-0.3, -0.25) is 0 Å². The van der Waals surface area contributed by atoms with Crippen LogP contribution in [0.3, 0.4) is 0 Å². The summed E-state index contributed by atoms with van der Waals surface area (Å²) in [6.07, 6.45) is 9.88. The highest BCUT2D eigenvalue weighted by Gasteiger charge is 2.33. The summed E-state index contributed by atoms with van der Waals surface area (Å²) in [4.78, 5) is 0. The van der Waals surface area contributed by atoms with Crippen molar-refractivity contribution in [1.82, 2.24) is 0 Å². The predicted octanol–water partition coefficient (Wildman–Crippen LogP) is 2.71. The lowest BCUT2D eigenvalue weighted by Crippen LogP contribution is -2.38. The first-order valence-electron chi connectivity index (χ1n) is 6.66. The quantitative estimate of drug-likeness (QED) is 0.759. The van der Waals surface area contributed by atoms with E-state index in [1.54, 1.807) is 0 Å². The molecular formula is C13H25NO. The van der Waals surface area contributed by atoms with Crippen LogP contribution in [0.25, 0.3) is 0 Å². The van der Waals surface area contributed by atoms with E-state index in [1.807, 2.05) is 0 Å². The van der Waals surface area contributed by atoms with Crippen molar-refractivity contribution in [3.05, 3.63) is 0 Å². The molecule has 1 unspecified atom stereocenters. The lowest BCUT2D eigenvalue weighted by Gasteiger charge is -2.37. The standard InChI is InChI=1S/C13H25NO/c1-2-15-12-7-10(8-12)9-13(14)11-5-3-4-6-11/h10-13H,2-9,14H2,1H3. The molecule has 0 aliphatic heterocycles. The lowest BCUT2D eigenvalue weighted by atomic mass is 9.76. The molecule has 0 bridgehead atoms. The molecule has 0 heterocycles. The van der Waals surface area contributed by atoms with E-state index in [0.717, 1.165) is 18.4 Å². The van der Waals surface area contributed by atoms with Crippen molar-refractivity contribution in [2.24, 2.45) is 17.6 Å². The molecule has 0 aromatic heterocycles. The third kappa shape index (κ3) is 2.94. The molecule has 2 nitrogen and oxygen atoms in total. The minimum absolute atomic E-state index is 0.472. The van der Waals surface area contributed by atoms with E-state index in [2.05, 4.69) is 6.92 Å². The molecule has 0 radical (unpaired) electrons. The summed E-state index contributed by atoms with van der Waals surface area (Å²) >= 11 is 0. The van der Waals surface area contributed by atoms with Gasteiger partial charge in [0.25, 0.3) is 0 Å². The Morgan fingerprint density at radius 3 is 2.53 bits per heavy atom. The molecule has 2 saturated carbocycles. The fourth-order valence-electron chi connectivity index (χ4n) is 3.20. The van der Waals surface area contributed by atoms with Gasteiger partial charge in [-0.25, -0.2) is 0 Å². The van der Waals surface area contributed by atoms with Gasteiger partial charge < -0.3 is 10.5 Å². The SMILES string of the molecule is CCOC1CC(CC(N)C2CCCC2)C1. The molecule has 2 rings (SSSR count). The third-order valence-electron chi connectivity index (χ3n) is 4.21. The summed E-state index contributed by atoms with van der Waals surface area (Å²) in [5.41, 5.74) is 6.27. The number of rotatable bonds is 5.